The average Bonchev–Trinajstić information content (AvgIpc) is 2.92. The lowest BCUT2D eigenvalue weighted by Gasteiger charge is -2.23. The maximum atomic E-state index is 12.4. The van der Waals surface area contributed by atoms with Gasteiger partial charge in [-0.25, -0.2) is 13.1 Å². The summed E-state index contributed by atoms with van der Waals surface area (Å²) in [5.74, 6) is -0.0465. The molecule has 1 fully saturated rings. The maximum absolute atomic E-state index is 12.4. The van der Waals surface area contributed by atoms with Gasteiger partial charge in [0.15, 0.2) is 5.78 Å². The van der Waals surface area contributed by atoms with Gasteiger partial charge in [0, 0.05) is 18.5 Å². The van der Waals surface area contributed by atoms with Crippen LogP contribution in [0.3, 0.4) is 0 Å². The molecule has 0 radical (unpaired) electrons. The molecule has 0 atom stereocenters. The normalized spacial score (nSPS) is 17.8. The summed E-state index contributed by atoms with van der Waals surface area (Å²) in [6, 6.07) is 6.27. The molecule has 0 aliphatic heterocycles. The topological polar surface area (TPSA) is 63.2 Å². The Morgan fingerprint density at radius 3 is 2.57 bits per heavy atom. The Labute approximate surface area is 127 Å². The predicted molar refractivity (Wildman–Crippen MR) is 82.8 cm³/mol. The highest BCUT2D eigenvalue weighted by molar-refractivity contribution is 7.89. The quantitative estimate of drug-likeness (QED) is 0.821. The van der Waals surface area contributed by atoms with Crippen LogP contribution in [-0.2, 0) is 10.0 Å². The standard InChI is InChI=1S/C16H23NO3S/c1-3-15(18)13-7-6-8-14(11-13)21(19,20)17-12-16(2)9-4-5-10-16/h6-8,11,17H,3-5,9-10,12H2,1-2H3. The van der Waals surface area contributed by atoms with E-state index >= 15 is 0 Å². The van der Waals surface area contributed by atoms with E-state index in [9.17, 15) is 13.2 Å². The van der Waals surface area contributed by atoms with Crippen LogP contribution >= 0.6 is 0 Å². The fourth-order valence-electron chi connectivity index (χ4n) is 2.80. The Morgan fingerprint density at radius 1 is 1.29 bits per heavy atom. The number of hydrogen-bond donors (Lipinski definition) is 1. The molecule has 2 rings (SSSR count). The summed E-state index contributed by atoms with van der Waals surface area (Å²) in [5, 5.41) is 0. The van der Waals surface area contributed by atoms with Crippen molar-refractivity contribution in [3.05, 3.63) is 29.8 Å². The lowest BCUT2D eigenvalue weighted by Crippen LogP contribution is -2.34. The molecule has 1 N–H and O–H groups in total. The van der Waals surface area contributed by atoms with Crippen LogP contribution in [0.1, 0.15) is 56.3 Å². The monoisotopic (exact) mass is 309 g/mol. The molecule has 1 aliphatic carbocycles. The van der Waals surface area contributed by atoms with Gasteiger partial charge >= 0.3 is 0 Å². The summed E-state index contributed by atoms with van der Waals surface area (Å²) in [4.78, 5) is 11.9. The second-order valence-corrected chi connectivity index (χ2v) is 7.91. The molecular formula is C16H23NO3S. The lowest BCUT2D eigenvalue weighted by atomic mass is 9.89. The van der Waals surface area contributed by atoms with Crippen molar-refractivity contribution in [3.8, 4) is 0 Å². The third kappa shape index (κ3) is 3.92. The first-order chi connectivity index (χ1) is 9.86. The zero-order valence-electron chi connectivity index (χ0n) is 12.7. The molecule has 0 bridgehead atoms. The van der Waals surface area contributed by atoms with Crippen molar-refractivity contribution in [1.29, 1.82) is 0 Å². The maximum Gasteiger partial charge on any atom is 0.240 e. The first-order valence-electron chi connectivity index (χ1n) is 7.49. The van der Waals surface area contributed by atoms with Crippen LogP contribution in [0, 0.1) is 5.41 Å². The van der Waals surface area contributed by atoms with E-state index in [0.717, 1.165) is 12.8 Å². The highest BCUT2D eigenvalue weighted by atomic mass is 32.2. The van der Waals surface area contributed by atoms with Gasteiger partial charge in [-0.2, -0.15) is 0 Å². The van der Waals surface area contributed by atoms with Crippen molar-refractivity contribution in [2.45, 2.75) is 50.8 Å². The molecule has 0 amide bonds. The molecule has 0 saturated heterocycles. The first-order valence-corrected chi connectivity index (χ1v) is 8.98. The number of sulfonamides is 1. The summed E-state index contributed by atoms with van der Waals surface area (Å²) in [7, 11) is -3.55. The van der Waals surface area contributed by atoms with Gasteiger partial charge in [0.2, 0.25) is 10.0 Å². The number of hydrogen-bond acceptors (Lipinski definition) is 3. The molecule has 21 heavy (non-hydrogen) atoms. The molecule has 4 nitrogen and oxygen atoms in total. The number of Topliss-reactive ketones (excluding diaryl/α,β-unsaturated/α-hetero) is 1. The van der Waals surface area contributed by atoms with Crippen LogP contribution in [0.4, 0.5) is 0 Å². The fourth-order valence-corrected chi connectivity index (χ4v) is 4.04. The average molecular weight is 309 g/mol. The number of ketones is 1. The molecule has 0 heterocycles. The Hall–Kier alpha value is -1.20. The van der Waals surface area contributed by atoms with Gasteiger partial charge in [0.1, 0.15) is 0 Å². The minimum absolute atomic E-state index is 0.0465. The van der Waals surface area contributed by atoms with Crippen molar-refractivity contribution in [2.75, 3.05) is 6.54 Å². The van der Waals surface area contributed by atoms with Crippen molar-refractivity contribution in [1.82, 2.24) is 4.72 Å². The molecule has 1 saturated carbocycles. The van der Waals surface area contributed by atoms with E-state index in [4.69, 9.17) is 0 Å². The third-order valence-corrected chi connectivity index (χ3v) is 5.69. The van der Waals surface area contributed by atoms with Crippen LogP contribution in [0.15, 0.2) is 29.2 Å². The number of carbonyl (C=O) groups is 1. The predicted octanol–water partition coefficient (Wildman–Crippen LogP) is 3.14. The second kappa shape index (κ2) is 6.28. The zero-order valence-corrected chi connectivity index (χ0v) is 13.5. The zero-order chi connectivity index (χ0) is 15.5. The Bertz CT molecular complexity index is 616. The van der Waals surface area contributed by atoms with Crippen molar-refractivity contribution < 1.29 is 13.2 Å². The van der Waals surface area contributed by atoms with Crippen molar-refractivity contribution >= 4 is 15.8 Å². The van der Waals surface area contributed by atoms with E-state index in [0.29, 0.717) is 18.5 Å². The van der Waals surface area contributed by atoms with Gasteiger partial charge < -0.3 is 0 Å². The van der Waals surface area contributed by atoms with Crippen molar-refractivity contribution in [3.63, 3.8) is 0 Å². The molecule has 1 aromatic carbocycles. The molecule has 0 unspecified atom stereocenters. The summed E-state index contributed by atoms with van der Waals surface area (Å²) >= 11 is 0. The van der Waals surface area contributed by atoms with E-state index in [2.05, 4.69) is 11.6 Å². The van der Waals surface area contributed by atoms with Crippen molar-refractivity contribution in [2.24, 2.45) is 5.41 Å². The molecule has 5 heteroatoms. The molecule has 116 valence electrons. The van der Waals surface area contributed by atoms with Crippen LogP contribution in [0.5, 0.6) is 0 Å². The van der Waals surface area contributed by atoms with E-state index in [1.54, 1.807) is 19.1 Å². The number of benzene rings is 1. The number of rotatable bonds is 6. The van der Waals surface area contributed by atoms with Crippen LogP contribution in [0.2, 0.25) is 0 Å². The van der Waals surface area contributed by atoms with Crippen LogP contribution in [-0.4, -0.2) is 20.7 Å². The Morgan fingerprint density at radius 2 is 1.95 bits per heavy atom. The molecule has 1 aromatic rings. The molecule has 0 aromatic heterocycles. The van der Waals surface area contributed by atoms with Gasteiger partial charge in [0.05, 0.1) is 4.90 Å². The first kappa shape index (κ1) is 16.2. The van der Waals surface area contributed by atoms with E-state index in [1.807, 2.05) is 0 Å². The van der Waals surface area contributed by atoms with E-state index < -0.39 is 10.0 Å². The Kier molecular flexibility index (Phi) is 4.84. The van der Waals surface area contributed by atoms with Crippen LogP contribution < -0.4 is 4.72 Å². The third-order valence-electron chi connectivity index (χ3n) is 4.29. The number of carbonyl (C=O) groups excluding carboxylic acids is 1. The lowest BCUT2D eigenvalue weighted by molar-refractivity contribution is 0.0988. The molecular weight excluding hydrogens is 286 g/mol. The summed E-state index contributed by atoms with van der Waals surface area (Å²) in [6.07, 6.45) is 4.82. The minimum Gasteiger partial charge on any atom is -0.294 e. The van der Waals surface area contributed by atoms with E-state index in [1.165, 1.54) is 25.0 Å². The summed E-state index contributed by atoms with van der Waals surface area (Å²) in [6.45, 7) is 4.35. The van der Waals surface area contributed by atoms with E-state index in [-0.39, 0.29) is 16.1 Å². The fraction of sp³-hybridized carbons (Fsp3) is 0.562. The minimum atomic E-state index is -3.55. The smallest absolute Gasteiger partial charge is 0.240 e. The largest absolute Gasteiger partial charge is 0.294 e. The molecule has 1 aliphatic rings. The Balaban J connectivity index is 2.14. The van der Waals surface area contributed by atoms with Gasteiger partial charge in [-0.3, -0.25) is 4.79 Å². The second-order valence-electron chi connectivity index (χ2n) is 6.15. The van der Waals surface area contributed by atoms with Gasteiger partial charge in [-0.15, -0.1) is 0 Å². The highest BCUT2D eigenvalue weighted by Crippen LogP contribution is 2.37. The van der Waals surface area contributed by atoms with Gasteiger partial charge in [0.25, 0.3) is 0 Å². The van der Waals surface area contributed by atoms with Crippen LogP contribution in [0.25, 0.3) is 0 Å². The summed E-state index contributed by atoms with van der Waals surface area (Å²) < 4.78 is 27.4. The SMILES string of the molecule is CCC(=O)c1cccc(S(=O)(=O)NCC2(C)CCCC2)c1. The highest BCUT2D eigenvalue weighted by Gasteiger charge is 2.30. The molecule has 0 spiro atoms. The van der Waals surface area contributed by atoms with Gasteiger partial charge in [-0.05, 0) is 30.4 Å². The van der Waals surface area contributed by atoms with Gasteiger partial charge in [-0.1, -0.05) is 38.8 Å². The summed E-state index contributed by atoms with van der Waals surface area (Å²) in [5.41, 5.74) is 0.511. The number of nitrogens with one attached hydrogen (secondary N) is 1.